The van der Waals surface area contributed by atoms with Crippen LogP contribution in [0.4, 0.5) is 17.6 Å². The maximum atomic E-state index is 14.8. The summed E-state index contributed by atoms with van der Waals surface area (Å²) in [5.74, 6) is -0.398. The van der Waals surface area contributed by atoms with Gasteiger partial charge >= 0.3 is 15.6 Å². The second-order valence-corrected chi connectivity index (χ2v) is 8.76. The van der Waals surface area contributed by atoms with E-state index in [2.05, 4.69) is 10.3 Å². The largest absolute Gasteiger partial charge is 0.523 e. The lowest BCUT2D eigenvalue weighted by molar-refractivity contribution is -0.0750. The number of hydrogen-bond donors (Lipinski definition) is 0. The van der Waals surface area contributed by atoms with Crippen molar-refractivity contribution in [3.8, 4) is 0 Å². The van der Waals surface area contributed by atoms with Crippen molar-refractivity contribution in [2.24, 2.45) is 11.3 Å². The number of alkyl halides is 3. The molecule has 1 unspecified atom stereocenters. The molecule has 0 radical (unpaired) electrons. The molecule has 0 aromatic carbocycles. The zero-order chi connectivity index (χ0) is 17.8. The van der Waals surface area contributed by atoms with Gasteiger partial charge in [0.25, 0.3) is 0 Å². The average Bonchev–Trinajstić information content (AvgIpc) is 2.47. The van der Waals surface area contributed by atoms with Gasteiger partial charge < -0.3 is 0 Å². The summed E-state index contributed by atoms with van der Waals surface area (Å²) in [6.07, 6.45) is 6.40. The van der Waals surface area contributed by atoms with Crippen LogP contribution in [0.15, 0.2) is 23.6 Å². The van der Waals surface area contributed by atoms with Crippen LogP contribution < -0.4 is 0 Å². The van der Waals surface area contributed by atoms with Gasteiger partial charge in [-0.05, 0) is 63.9 Å². The highest BCUT2D eigenvalue weighted by Gasteiger charge is 2.58. The number of hydrogen-bond acceptors (Lipinski definition) is 3. The lowest BCUT2D eigenvalue weighted by Gasteiger charge is -2.52. The molecule has 4 aliphatic rings. The van der Waals surface area contributed by atoms with E-state index in [1.165, 1.54) is 5.57 Å². The van der Waals surface area contributed by atoms with Crippen LogP contribution in [-0.2, 0) is 14.3 Å². The fourth-order valence-corrected chi connectivity index (χ4v) is 5.07. The average molecular weight is 368 g/mol. The van der Waals surface area contributed by atoms with Crippen molar-refractivity contribution in [3.05, 3.63) is 23.6 Å². The molecule has 136 valence electrons. The molecule has 4 aliphatic carbocycles. The molecule has 0 amide bonds. The molecule has 3 nitrogen and oxygen atoms in total. The molecule has 0 aromatic heterocycles. The van der Waals surface area contributed by atoms with Gasteiger partial charge in [-0.15, -0.1) is 0 Å². The normalized spacial score (nSPS) is 37.1. The van der Waals surface area contributed by atoms with Gasteiger partial charge in [0.15, 0.2) is 0 Å². The summed E-state index contributed by atoms with van der Waals surface area (Å²) < 4.78 is 79.6. The molecule has 1 fully saturated rings. The Bertz CT molecular complexity index is 683. The Morgan fingerprint density at radius 3 is 2.29 bits per heavy atom. The first-order valence-corrected chi connectivity index (χ1v) is 9.47. The third kappa shape index (κ3) is 2.81. The molecule has 0 spiro atoms. The summed E-state index contributed by atoms with van der Waals surface area (Å²) in [5.41, 5.74) is -6.60. The summed E-state index contributed by atoms with van der Waals surface area (Å²) in [6, 6.07) is 0. The maximum absolute atomic E-state index is 14.8. The van der Waals surface area contributed by atoms with E-state index in [1.807, 2.05) is 6.92 Å². The molecular weight excluding hydrogens is 348 g/mol. The highest BCUT2D eigenvalue weighted by Crippen LogP contribution is 2.60. The predicted octanol–water partition coefficient (Wildman–Crippen LogP) is 4.77. The van der Waals surface area contributed by atoms with Crippen molar-refractivity contribution < 1.29 is 30.2 Å². The van der Waals surface area contributed by atoms with E-state index in [4.69, 9.17) is 0 Å². The van der Waals surface area contributed by atoms with Crippen molar-refractivity contribution in [1.82, 2.24) is 0 Å². The van der Waals surface area contributed by atoms with Crippen LogP contribution in [0.25, 0.3) is 0 Å². The van der Waals surface area contributed by atoms with Crippen molar-refractivity contribution in [2.45, 2.75) is 63.0 Å². The molecule has 0 saturated heterocycles. The highest BCUT2D eigenvalue weighted by atomic mass is 32.2. The minimum absolute atomic E-state index is 0.0922. The van der Waals surface area contributed by atoms with Crippen LogP contribution in [0.2, 0.25) is 0 Å². The van der Waals surface area contributed by atoms with Gasteiger partial charge in [0.05, 0.1) is 0 Å². The number of rotatable bonds is 3. The van der Waals surface area contributed by atoms with Crippen LogP contribution >= 0.6 is 0 Å². The molecule has 1 atom stereocenters. The second-order valence-electron chi connectivity index (χ2n) is 7.22. The summed E-state index contributed by atoms with van der Waals surface area (Å²) in [4.78, 5) is 0. The van der Waals surface area contributed by atoms with E-state index in [1.54, 1.807) is 0 Å². The molecule has 0 N–H and O–H groups in total. The van der Waals surface area contributed by atoms with E-state index in [-0.39, 0.29) is 18.8 Å². The van der Waals surface area contributed by atoms with E-state index in [9.17, 15) is 26.0 Å². The number of allylic oxidation sites excluding steroid dienone is 3. The second kappa shape index (κ2) is 5.56. The third-order valence-corrected chi connectivity index (χ3v) is 6.95. The summed E-state index contributed by atoms with van der Waals surface area (Å²) in [6.45, 7) is 2.03. The minimum Gasteiger partial charge on any atom is -0.252 e. The van der Waals surface area contributed by atoms with Gasteiger partial charge in [0.1, 0.15) is 11.4 Å². The van der Waals surface area contributed by atoms with Crippen molar-refractivity contribution in [2.75, 3.05) is 0 Å². The highest BCUT2D eigenvalue weighted by molar-refractivity contribution is 7.87. The smallest absolute Gasteiger partial charge is 0.252 e. The Kier molecular flexibility index (Phi) is 4.15. The van der Waals surface area contributed by atoms with Crippen molar-refractivity contribution in [3.63, 3.8) is 0 Å². The molecule has 0 aromatic rings. The van der Waals surface area contributed by atoms with E-state index >= 15 is 0 Å². The quantitative estimate of drug-likeness (QED) is 0.312. The Hall–Kier alpha value is -0.890. The third-order valence-electron chi connectivity index (χ3n) is 5.83. The van der Waals surface area contributed by atoms with E-state index in [0.29, 0.717) is 12.8 Å². The van der Waals surface area contributed by atoms with Crippen LogP contribution in [0.1, 0.15) is 51.9 Å². The van der Waals surface area contributed by atoms with Gasteiger partial charge in [-0.2, -0.15) is 21.6 Å². The first-order valence-electron chi connectivity index (χ1n) is 8.06. The lowest BCUT2D eigenvalue weighted by Crippen LogP contribution is -2.50. The molecule has 24 heavy (non-hydrogen) atoms. The van der Waals surface area contributed by atoms with Gasteiger partial charge in [0, 0.05) is 5.41 Å². The lowest BCUT2D eigenvalue weighted by atomic mass is 9.55. The zero-order valence-corrected chi connectivity index (χ0v) is 14.1. The monoisotopic (exact) mass is 368 g/mol. The SMILES string of the molecule is CC1=CCC(C23CCC(OS(=O)(=O)C(F)(F)F)(C=C2F)CC3)CC1. The van der Waals surface area contributed by atoms with Crippen molar-refractivity contribution >= 4 is 10.1 Å². The Labute approximate surface area is 138 Å². The van der Waals surface area contributed by atoms with Gasteiger partial charge in [-0.25, -0.2) is 4.39 Å². The standard InChI is InChI=1S/C16H20F4O3S/c1-11-2-4-12(5-3-11)15-8-6-14(7-9-15,10-13(15)17)23-24(21,22)16(18,19)20/h2,10,12H,3-9H2,1H3. The van der Waals surface area contributed by atoms with Gasteiger partial charge in [-0.3, -0.25) is 4.18 Å². The molecule has 4 rings (SSSR count). The van der Waals surface area contributed by atoms with E-state index in [0.717, 1.165) is 25.3 Å². The molecule has 2 bridgehead atoms. The van der Waals surface area contributed by atoms with Crippen molar-refractivity contribution in [1.29, 1.82) is 0 Å². The predicted molar refractivity (Wildman–Crippen MR) is 80.0 cm³/mol. The first-order chi connectivity index (χ1) is 11.0. The minimum atomic E-state index is -5.74. The maximum Gasteiger partial charge on any atom is 0.523 e. The fraction of sp³-hybridized carbons (Fsp3) is 0.750. The fourth-order valence-electron chi connectivity index (χ4n) is 4.32. The summed E-state index contributed by atoms with van der Waals surface area (Å²) in [5, 5.41) is 0. The van der Waals surface area contributed by atoms with Crippen LogP contribution in [0.3, 0.4) is 0 Å². The zero-order valence-electron chi connectivity index (χ0n) is 13.3. The van der Waals surface area contributed by atoms with Gasteiger partial charge in [0.2, 0.25) is 0 Å². The Morgan fingerprint density at radius 1 is 1.21 bits per heavy atom. The number of halogens is 4. The summed E-state index contributed by atoms with van der Waals surface area (Å²) >= 11 is 0. The topological polar surface area (TPSA) is 43.4 Å². The van der Waals surface area contributed by atoms with Crippen LogP contribution in [-0.4, -0.2) is 19.5 Å². The van der Waals surface area contributed by atoms with Crippen LogP contribution in [0, 0.1) is 11.3 Å². The molecular formula is C16H20F4O3S. The molecule has 1 saturated carbocycles. The summed E-state index contributed by atoms with van der Waals surface area (Å²) in [7, 11) is -5.74. The Balaban J connectivity index is 1.86. The van der Waals surface area contributed by atoms with Gasteiger partial charge in [-0.1, -0.05) is 11.6 Å². The molecule has 0 aliphatic heterocycles. The van der Waals surface area contributed by atoms with E-state index < -0.39 is 32.5 Å². The molecule has 0 heterocycles. The van der Waals surface area contributed by atoms with Crippen LogP contribution in [0.5, 0.6) is 0 Å². The Morgan fingerprint density at radius 2 is 1.83 bits per heavy atom. The first kappa shape index (κ1) is 17.9. The molecule has 8 heteroatoms. The number of fused-ring (bicyclic) bond motifs is 2.